The molecule has 0 saturated heterocycles. The number of benzene rings is 1. The van der Waals surface area contributed by atoms with Gasteiger partial charge < -0.3 is 10.5 Å². The minimum absolute atomic E-state index is 0.144. The van der Waals surface area contributed by atoms with Gasteiger partial charge in [0, 0.05) is 25.4 Å². The summed E-state index contributed by atoms with van der Waals surface area (Å²) >= 11 is 0. The van der Waals surface area contributed by atoms with Gasteiger partial charge in [-0.15, -0.1) is 0 Å². The number of ether oxygens (including phenoxy) is 1. The molecule has 2 heterocycles. The molecule has 114 valence electrons. The number of nitrogens with zero attached hydrogens (tertiary/aromatic N) is 3. The highest BCUT2D eigenvalue weighted by molar-refractivity contribution is 5.90. The van der Waals surface area contributed by atoms with Gasteiger partial charge in [-0.25, -0.2) is 0 Å². The van der Waals surface area contributed by atoms with Gasteiger partial charge in [0.1, 0.15) is 5.75 Å². The Morgan fingerprint density at radius 1 is 1.27 bits per heavy atom. The fourth-order valence-corrected chi connectivity index (χ4v) is 2.63. The summed E-state index contributed by atoms with van der Waals surface area (Å²) < 4.78 is 5.49. The lowest BCUT2D eigenvalue weighted by Gasteiger charge is -2.24. The van der Waals surface area contributed by atoms with Gasteiger partial charge in [0.25, 0.3) is 0 Å². The molecule has 0 bridgehead atoms. The Morgan fingerprint density at radius 2 is 2.09 bits per heavy atom. The van der Waals surface area contributed by atoms with Gasteiger partial charge in [-0.2, -0.15) is 5.10 Å². The Hall–Kier alpha value is -2.40. The van der Waals surface area contributed by atoms with E-state index in [1.807, 2.05) is 48.5 Å². The summed E-state index contributed by atoms with van der Waals surface area (Å²) in [5.41, 5.74) is 8.96. The highest BCUT2D eigenvalue weighted by atomic mass is 16.5. The summed E-state index contributed by atoms with van der Waals surface area (Å²) in [7, 11) is 0. The summed E-state index contributed by atoms with van der Waals surface area (Å²) in [6.07, 6.45) is 4.50. The van der Waals surface area contributed by atoms with Crippen molar-refractivity contribution in [1.29, 1.82) is 0 Å². The molecule has 22 heavy (non-hydrogen) atoms. The van der Waals surface area contributed by atoms with E-state index in [0.717, 1.165) is 29.1 Å². The molecule has 3 rings (SSSR count). The smallest absolute Gasteiger partial charge is 0.119 e. The Morgan fingerprint density at radius 3 is 2.73 bits per heavy atom. The highest BCUT2D eigenvalue weighted by Gasteiger charge is 2.28. The molecule has 0 amide bonds. The fraction of sp³-hybridized carbons (Fsp3) is 0.294. The van der Waals surface area contributed by atoms with Gasteiger partial charge in [0.2, 0.25) is 0 Å². The number of rotatable bonds is 5. The van der Waals surface area contributed by atoms with Crippen LogP contribution in [0, 0.1) is 0 Å². The van der Waals surface area contributed by atoms with Gasteiger partial charge in [0.15, 0.2) is 0 Å². The van der Waals surface area contributed by atoms with E-state index in [0.29, 0.717) is 13.2 Å². The van der Waals surface area contributed by atoms with Crippen LogP contribution in [0.25, 0.3) is 0 Å². The largest absolute Gasteiger partial charge is 0.494 e. The number of anilines is 1. The maximum Gasteiger partial charge on any atom is 0.119 e. The number of hydrazone groups is 1. The van der Waals surface area contributed by atoms with Crippen LogP contribution in [0.5, 0.6) is 5.75 Å². The molecular weight excluding hydrogens is 276 g/mol. The minimum atomic E-state index is 0.144. The van der Waals surface area contributed by atoms with Crippen LogP contribution >= 0.6 is 0 Å². The standard InChI is InChI=1S/C17H20N4O/c1-2-22-16-7-5-15(6-8-16)21-17(10-14(11-18)20-21)13-4-3-9-19-12-13/h3-9,12,17H,2,10-11,18H2,1H3. The van der Waals surface area contributed by atoms with Crippen LogP contribution in [0.4, 0.5) is 5.69 Å². The summed E-state index contributed by atoms with van der Waals surface area (Å²) in [4.78, 5) is 4.22. The third kappa shape index (κ3) is 2.94. The van der Waals surface area contributed by atoms with Crippen molar-refractivity contribution in [3.63, 3.8) is 0 Å². The van der Waals surface area contributed by atoms with E-state index >= 15 is 0 Å². The predicted octanol–water partition coefficient (Wildman–Crippen LogP) is 2.75. The molecule has 5 heteroatoms. The molecule has 1 aromatic heterocycles. The average molecular weight is 296 g/mol. The lowest BCUT2D eigenvalue weighted by atomic mass is 10.0. The van der Waals surface area contributed by atoms with Crippen molar-refractivity contribution in [2.75, 3.05) is 18.2 Å². The van der Waals surface area contributed by atoms with E-state index in [4.69, 9.17) is 10.5 Å². The Bertz CT molecular complexity index is 639. The first-order chi connectivity index (χ1) is 10.8. The Balaban J connectivity index is 1.89. The maximum absolute atomic E-state index is 5.78. The molecule has 0 aliphatic carbocycles. The molecule has 1 aliphatic heterocycles. The lowest BCUT2D eigenvalue weighted by Crippen LogP contribution is -2.18. The Labute approximate surface area is 130 Å². The van der Waals surface area contributed by atoms with Crippen molar-refractivity contribution in [3.05, 3.63) is 54.4 Å². The molecule has 2 aromatic rings. The molecule has 1 atom stereocenters. The molecule has 0 radical (unpaired) electrons. The molecule has 0 fully saturated rings. The molecule has 1 aromatic carbocycles. The zero-order chi connectivity index (χ0) is 15.4. The second kappa shape index (κ2) is 6.58. The van der Waals surface area contributed by atoms with Crippen LogP contribution in [0.2, 0.25) is 0 Å². The fourth-order valence-electron chi connectivity index (χ4n) is 2.63. The van der Waals surface area contributed by atoms with Crippen molar-refractivity contribution in [3.8, 4) is 5.75 Å². The first kappa shape index (κ1) is 14.5. The van der Waals surface area contributed by atoms with E-state index in [1.165, 1.54) is 0 Å². The average Bonchev–Trinajstić information content (AvgIpc) is 3.01. The third-order valence-corrected chi connectivity index (χ3v) is 3.69. The van der Waals surface area contributed by atoms with E-state index in [-0.39, 0.29) is 6.04 Å². The number of hydrogen-bond donors (Lipinski definition) is 1. The summed E-state index contributed by atoms with van der Waals surface area (Å²) in [6.45, 7) is 3.12. The van der Waals surface area contributed by atoms with Crippen LogP contribution in [-0.2, 0) is 0 Å². The molecule has 5 nitrogen and oxygen atoms in total. The maximum atomic E-state index is 5.78. The Kier molecular flexibility index (Phi) is 4.34. The number of nitrogens with two attached hydrogens (primary N) is 1. The first-order valence-corrected chi connectivity index (χ1v) is 7.50. The highest BCUT2D eigenvalue weighted by Crippen LogP contribution is 2.35. The lowest BCUT2D eigenvalue weighted by molar-refractivity contribution is 0.340. The number of hydrogen-bond acceptors (Lipinski definition) is 5. The number of aromatic nitrogens is 1. The molecular formula is C17H20N4O. The van der Waals surface area contributed by atoms with Gasteiger partial charge in [-0.05, 0) is 42.8 Å². The van der Waals surface area contributed by atoms with Crippen LogP contribution < -0.4 is 15.5 Å². The van der Waals surface area contributed by atoms with Crippen LogP contribution in [0.15, 0.2) is 53.9 Å². The topological polar surface area (TPSA) is 63.7 Å². The van der Waals surface area contributed by atoms with Crippen molar-refractivity contribution in [2.45, 2.75) is 19.4 Å². The van der Waals surface area contributed by atoms with Gasteiger partial charge in [0.05, 0.1) is 24.0 Å². The van der Waals surface area contributed by atoms with Crippen molar-refractivity contribution >= 4 is 11.4 Å². The molecule has 0 saturated carbocycles. The zero-order valence-corrected chi connectivity index (χ0v) is 12.6. The second-order valence-corrected chi connectivity index (χ2v) is 5.15. The monoisotopic (exact) mass is 296 g/mol. The normalized spacial score (nSPS) is 17.5. The van der Waals surface area contributed by atoms with Crippen LogP contribution in [0.1, 0.15) is 24.9 Å². The van der Waals surface area contributed by atoms with Gasteiger partial charge in [-0.1, -0.05) is 6.07 Å². The third-order valence-electron chi connectivity index (χ3n) is 3.69. The molecule has 1 unspecified atom stereocenters. The quantitative estimate of drug-likeness (QED) is 0.921. The zero-order valence-electron chi connectivity index (χ0n) is 12.6. The summed E-state index contributed by atoms with van der Waals surface area (Å²) in [6, 6.07) is 12.2. The SMILES string of the molecule is CCOc1ccc(N2N=C(CN)CC2c2cccnc2)cc1. The van der Waals surface area contributed by atoms with Gasteiger partial charge >= 0.3 is 0 Å². The molecule has 2 N–H and O–H groups in total. The van der Waals surface area contributed by atoms with Gasteiger partial charge in [-0.3, -0.25) is 9.99 Å². The summed E-state index contributed by atoms with van der Waals surface area (Å²) in [5, 5.41) is 6.69. The van der Waals surface area contributed by atoms with E-state index in [9.17, 15) is 0 Å². The first-order valence-electron chi connectivity index (χ1n) is 7.50. The van der Waals surface area contributed by atoms with E-state index < -0.39 is 0 Å². The van der Waals surface area contributed by atoms with Crippen molar-refractivity contribution in [1.82, 2.24) is 4.98 Å². The predicted molar refractivity (Wildman–Crippen MR) is 88.2 cm³/mol. The number of pyridine rings is 1. The summed E-state index contributed by atoms with van der Waals surface area (Å²) in [5.74, 6) is 0.867. The van der Waals surface area contributed by atoms with Crippen LogP contribution in [-0.4, -0.2) is 23.8 Å². The van der Waals surface area contributed by atoms with Crippen LogP contribution in [0.3, 0.4) is 0 Å². The second-order valence-electron chi connectivity index (χ2n) is 5.15. The van der Waals surface area contributed by atoms with E-state index in [2.05, 4.69) is 16.2 Å². The molecule has 1 aliphatic rings. The minimum Gasteiger partial charge on any atom is -0.494 e. The molecule has 0 spiro atoms. The van der Waals surface area contributed by atoms with Crippen molar-refractivity contribution < 1.29 is 4.74 Å². The van der Waals surface area contributed by atoms with E-state index in [1.54, 1.807) is 6.20 Å². The van der Waals surface area contributed by atoms with Crippen molar-refractivity contribution in [2.24, 2.45) is 10.8 Å².